The van der Waals surface area contributed by atoms with Gasteiger partial charge >= 0.3 is 0 Å². The Bertz CT molecular complexity index is 2540. The van der Waals surface area contributed by atoms with Crippen molar-refractivity contribution in [3.05, 3.63) is 187 Å². The fourth-order valence-corrected chi connectivity index (χ4v) is 6.66. The largest absolute Gasteiger partial charge is 0.456 e. The molecule has 0 fully saturated rings. The van der Waals surface area contributed by atoms with Crippen LogP contribution in [0.3, 0.4) is 0 Å². The molecule has 0 aliphatic carbocycles. The summed E-state index contributed by atoms with van der Waals surface area (Å²) in [6.07, 6.45) is 8.07. The van der Waals surface area contributed by atoms with Gasteiger partial charge < -0.3 is 4.74 Å². The molecular formula is C47H31N3O. The molecule has 8 aromatic rings. The van der Waals surface area contributed by atoms with Gasteiger partial charge in [-0.25, -0.2) is 9.97 Å². The maximum atomic E-state index is 6.77. The van der Waals surface area contributed by atoms with E-state index in [1.165, 1.54) is 0 Å². The van der Waals surface area contributed by atoms with Crippen LogP contribution in [0.4, 0.5) is 0 Å². The van der Waals surface area contributed by atoms with Gasteiger partial charge in [0.15, 0.2) is 5.82 Å². The van der Waals surface area contributed by atoms with Crippen molar-refractivity contribution in [2.75, 3.05) is 0 Å². The molecule has 1 aliphatic heterocycles. The molecular weight excluding hydrogens is 623 g/mol. The molecule has 0 radical (unpaired) electrons. The molecule has 240 valence electrons. The molecule has 0 saturated carbocycles. The monoisotopic (exact) mass is 653 g/mol. The first kappa shape index (κ1) is 30.2. The topological polar surface area (TPSA) is 47.9 Å². The fraction of sp³-hybridized carbons (Fsp3) is 0. The van der Waals surface area contributed by atoms with E-state index in [1.807, 2.05) is 54.7 Å². The Labute approximate surface area is 297 Å². The molecule has 0 N–H and O–H groups in total. The Kier molecular flexibility index (Phi) is 7.80. The number of benzene rings is 6. The third-order valence-electron chi connectivity index (χ3n) is 9.26. The van der Waals surface area contributed by atoms with Gasteiger partial charge in [0.05, 0.1) is 11.4 Å². The zero-order valence-corrected chi connectivity index (χ0v) is 27.6. The number of ether oxygens (including phenoxy) is 1. The van der Waals surface area contributed by atoms with Crippen molar-refractivity contribution in [1.29, 1.82) is 0 Å². The molecule has 51 heavy (non-hydrogen) atoms. The van der Waals surface area contributed by atoms with Crippen molar-refractivity contribution in [1.82, 2.24) is 15.0 Å². The highest BCUT2D eigenvalue weighted by atomic mass is 16.5. The van der Waals surface area contributed by atoms with Crippen LogP contribution in [0, 0.1) is 0 Å². The van der Waals surface area contributed by atoms with Gasteiger partial charge in [-0.2, -0.15) is 0 Å². The summed E-state index contributed by atoms with van der Waals surface area (Å²) in [5, 5.41) is 0. The predicted molar refractivity (Wildman–Crippen MR) is 208 cm³/mol. The van der Waals surface area contributed by atoms with Crippen LogP contribution in [-0.2, 0) is 0 Å². The molecule has 9 rings (SSSR count). The van der Waals surface area contributed by atoms with Crippen LogP contribution in [0.5, 0.6) is 11.5 Å². The van der Waals surface area contributed by atoms with Crippen LogP contribution in [0.25, 0.3) is 79.4 Å². The van der Waals surface area contributed by atoms with Crippen LogP contribution in [0.1, 0.15) is 11.1 Å². The number of hydrogen-bond acceptors (Lipinski definition) is 4. The minimum atomic E-state index is 0.674. The molecule has 0 saturated heterocycles. The van der Waals surface area contributed by atoms with E-state index in [-0.39, 0.29) is 0 Å². The number of hydrogen-bond donors (Lipinski definition) is 0. The molecule has 3 heterocycles. The molecule has 0 atom stereocenters. The van der Waals surface area contributed by atoms with Crippen molar-refractivity contribution < 1.29 is 4.74 Å². The van der Waals surface area contributed by atoms with E-state index in [4.69, 9.17) is 14.7 Å². The average Bonchev–Trinajstić information content (AvgIpc) is 3.23. The van der Waals surface area contributed by atoms with Crippen molar-refractivity contribution in [3.8, 4) is 78.8 Å². The van der Waals surface area contributed by atoms with Crippen LogP contribution < -0.4 is 4.74 Å². The Morgan fingerprint density at radius 1 is 0.373 bits per heavy atom. The van der Waals surface area contributed by atoms with E-state index in [0.717, 1.165) is 84.1 Å². The maximum Gasteiger partial charge on any atom is 0.160 e. The lowest BCUT2D eigenvalue weighted by molar-refractivity contribution is 0.486. The Morgan fingerprint density at radius 3 is 1.67 bits per heavy atom. The first-order chi connectivity index (χ1) is 25.3. The smallest absolute Gasteiger partial charge is 0.160 e. The zero-order valence-electron chi connectivity index (χ0n) is 27.6. The lowest BCUT2D eigenvalue weighted by Gasteiger charge is -2.16. The number of para-hydroxylation sites is 2. The minimum Gasteiger partial charge on any atom is -0.456 e. The Balaban J connectivity index is 1.21. The summed E-state index contributed by atoms with van der Waals surface area (Å²) in [5.74, 6) is 2.28. The van der Waals surface area contributed by atoms with Gasteiger partial charge in [0, 0.05) is 40.2 Å². The molecule has 0 unspecified atom stereocenters. The van der Waals surface area contributed by atoms with Crippen LogP contribution in [0.2, 0.25) is 0 Å². The number of nitrogens with zero attached hydrogens (tertiary/aromatic N) is 3. The zero-order chi connectivity index (χ0) is 34.0. The van der Waals surface area contributed by atoms with Crippen molar-refractivity contribution in [2.45, 2.75) is 0 Å². The molecule has 4 nitrogen and oxygen atoms in total. The van der Waals surface area contributed by atoms with Gasteiger partial charge in [0.25, 0.3) is 0 Å². The van der Waals surface area contributed by atoms with Gasteiger partial charge in [0.2, 0.25) is 0 Å². The lowest BCUT2D eigenvalue weighted by Crippen LogP contribution is -1.97. The summed E-state index contributed by atoms with van der Waals surface area (Å²) < 4.78 is 6.77. The van der Waals surface area contributed by atoms with E-state index in [2.05, 4.69) is 132 Å². The normalized spacial score (nSPS) is 11.6. The van der Waals surface area contributed by atoms with Crippen molar-refractivity contribution in [2.24, 2.45) is 0 Å². The standard InChI is InChI=1S/C47H31N3O/c1-2-12-36(13-3-1)47-49-43(35-25-20-32(21-26-35)38-14-10-28-48-31-38)30-44(50-47)37-27-24-34-23-22-33-11-4-5-15-39(33)40-16-6-8-18-45(40)51-46-19-9-7-17-41(46)42(34)29-37/h1-31H. The summed E-state index contributed by atoms with van der Waals surface area (Å²) in [7, 11) is 0. The molecule has 1 aliphatic rings. The number of rotatable bonds is 4. The highest BCUT2D eigenvalue weighted by Gasteiger charge is 2.18. The average molecular weight is 654 g/mol. The quantitative estimate of drug-likeness (QED) is 0.190. The highest BCUT2D eigenvalue weighted by Crippen LogP contribution is 2.42. The predicted octanol–water partition coefficient (Wildman–Crippen LogP) is 12.1. The summed E-state index contributed by atoms with van der Waals surface area (Å²) in [4.78, 5) is 14.5. The number of pyridine rings is 1. The summed E-state index contributed by atoms with van der Waals surface area (Å²) >= 11 is 0. The van der Waals surface area contributed by atoms with Gasteiger partial charge in [-0.1, -0.05) is 146 Å². The molecule has 4 heteroatoms. The molecule has 0 bridgehead atoms. The Hall–Kier alpha value is -6.91. The highest BCUT2D eigenvalue weighted by molar-refractivity contribution is 5.90. The van der Waals surface area contributed by atoms with E-state index in [9.17, 15) is 0 Å². The van der Waals surface area contributed by atoms with E-state index in [0.29, 0.717) is 5.82 Å². The maximum absolute atomic E-state index is 6.77. The SMILES string of the molecule is C1=Cc2ccc(-c3cc(-c4ccc(-c5cccnc5)cc4)nc(-c4ccccc4)n3)cc2-c2ccccc2Oc2ccccc2-c2ccccc21. The fourth-order valence-electron chi connectivity index (χ4n) is 6.66. The van der Waals surface area contributed by atoms with Gasteiger partial charge in [0.1, 0.15) is 11.5 Å². The second-order valence-electron chi connectivity index (χ2n) is 12.5. The summed E-state index contributed by atoms with van der Waals surface area (Å²) in [5.41, 5.74) is 13.3. The van der Waals surface area contributed by atoms with E-state index in [1.54, 1.807) is 6.20 Å². The van der Waals surface area contributed by atoms with Crippen molar-refractivity contribution in [3.63, 3.8) is 0 Å². The lowest BCUT2D eigenvalue weighted by atomic mass is 9.94. The molecule has 0 amide bonds. The second kappa shape index (κ2) is 13.2. The number of aromatic nitrogens is 3. The summed E-state index contributed by atoms with van der Waals surface area (Å²) in [6.45, 7) is 0. The van der Waals surface area contributed by atoms with Gasteiger partial charge in [-0.15, -0.1) is 0 Å². The van der Waals surface area contributed by atoms with Crippen LogP contribution >= 0.6 is 0 Å². The third-order valence-corrected chi connectivity index (χ3v) is 9.26. The third kappa shape index (κ3) is 6.00. The van der Waals surface area contributed by atoms with E-state index < -0.39 is 0 Å². The Morgan fingerprint density at radius 2 is 0.941 bits per heavy atom. The summed E-state index contributed by atoms with van der Waals surface area (Å²) in [6, 6.07) is 56.3. The van der Waals surface area contributed by atoms with Gasteiger partial charge in [-0.3, -0.25) is 4.98 Å². The van der Waals surface area contributed by atoms with Crippen molar-refractivity contribution >= 4 is 12.2 Å². The van der Waals surface area contributed by atoms with Crippen LogP contribution in [-0.4, -0.2) is 15.0 Å². The van der Waals surface area contributed by atoms with Gasteiger partial charge in [-0.05, 0) is 63.7 Å². The molecule has 0 spiro atoms. The molecule has 6 aromatic carbocycles. The van der Waals surface area contributed by atoms with E-state index >= 15 is 0 Å². The van der Waals surface area contributed by atoms with Crippen LogP contribution in [0.15, 0.2) is 176 Å². The first-order valence-corrected chi connectivity index (χ1v) is 17.0. The first-order valence-electron chi connectivity index (χ1n) is 17.0. The number of fused-ring (bicyclic) bond motifs is 6. The minimum absolute atomic E-state index is 0.674. The second-order valence-corrected chi connectivity index (χ2v) is 12.5. The molecule has 2 aromatic heterocycles.